The molecule has 1 aliphatic heterocycles. The molecule has 2 aromatic heterocycles. The van der Waals surface area contributed by atoms with Gasteiger partial charge in [-0.05, 0) is 30.7 Å². The summed E-state index contributed by atoms with van der Waals surface area (Å²) in [5.41, 5.74) is 2.15. The molecule has 0 unspecified atom stereocenters. The molecule has 2 amide bonds. The lowest BCUT2D eigenvalue weighted by molar-refractivity contribution is 0.0719. The lowest BCUT2D eigenvalue weighted by atomic mass is 10.1. The van der Waals surface area contributed by atoms with Gasteiger partial charge in [-0.2, -0.15) is 0 Å². The van der Waals surface area contributed by atoms with Crippen LogP contribution in [0.2, 0.25) is 0 Å². The van der Waals surface area contributed by atoms with E-state index >= 15 is 0 Å². The molecule has 0 bridgehead atoms. The fraction of sp³-hybridized carbons (Fsp3) is 0.278. The molecule has 4 rings (SSSR count). The second kappa shape index (κ2) is 6.55. The van der Waals surface area contributed by atoms with E-state index in [0.29, 0.717) is 48.3 Å². The maximum absolute atomic E-state index is 12.8. The molecule has 8 heteroatoms. The van der Waals surface area contributed by atoms with E-state index in [1.807, 2.05) is 0 Å². The van der Waals surface area contributed by atoms with Crippen LogP contribution < -0.4 is 5.69 Å². The highest BCUT2D eigenvalue weighted by Gasteiger charge is 2.24. The van der Waals surface area contributed by atoms with E-state index in [4.69, 9.17) is 0 Å². The second-order valence-corrected chi connectivity index (χ2v) is 6.38. The fourth-order valence-electron chi connectivity index (χ4n) is 3.31. The van der Waals surface area contributed by atoms with Gasteiger partial charge in [0, 0.05) is 44.1 Å². The van der Waals surface area contributed by atoms with Crippen LogP contribution in [0.1, 0.15) is 27.1 Å². The van der Waals surface area contributed by atoms with Crippen LogP contribution >= 0.6 is 0 Å². The predicted octanol–water partition coefficient (Wildman–Crippen LogP) is 1.17. The van der Waals surface area contributed by atoms with E-state index in [1.54, 1.807) is 46.5 Å². The van der Waals surface area contributed by atoms with E-state index in [2.05, 4.69) is 15.0 Å². The first-order valence-electron chi connectivity index (χ1n) is 8.55. The third-order valence-corrected chi connectivity index (χ3v) is 4.68. The number of amides is 2. The summed E-state index contributed by atoms with van der Waals surface area (Å²) in [6.07, 6.45) is 4.14. The third-order valence-electron chi connectivity index (χ3n) is 4.68. The van der Waals surface area contributed by atoms with E-state index in [9.17, 15) is 14.4 Å². The summed E-state index contributed by atoms with van der Waals surface area (Å²) < 4.78 is 0. The Hall–Kier alpha value is -3.29. The summed E-state index contributed by atoms with van der Waals surface area (Å²) >= 11 is 0. The number of fused-ring (bicyclic) bond motifs is 1. The number of hydrogen-bond donors (Lipinski definition) is 3. The van der Waals surface area contributed by atoms with Gasteiger partial charge in [0.05, 0.1) is 16.6 Å². The molecule has 0 aliphatic carbocycles. The molecular weight excluding hydrogens is 334 g/mol. The van der Waals surface area contributed by atoms with Crippen LogP contribution in [0.5, 0.6) is 0 Å². The first kappa shape index (κ1) is 16.2. The topological polar surface area (TPSA) is 105 Å². The molecule has 0 spiro atoms. The number of benzene rings is 1. The molecular formula is C18H19N5O3. The highest BCUT2D eigenvalue weighted by molar-refractivity contribution is 5.97. The number of imidazole rings is 1. The number of aromatic amines is 3. The lowest BCUT2D eigenvalue weighted by Crippen LogP contribution is -2.37. The largest absolute Gasteiger partial charge is 0.367 e. The second-order valence-electron chi connectivity index (χ2n) is 6.38. The fourth-order valence-corrected chi connectivity index (χ4v) is 3.31. The van der Waals surface area contributed by atoms with E-state index in [-0.39, 0.29) is 17.5 Å². The molecule has 134 valence electrons. The van der Waals surface area contributed by atoms with Crippen molar-refractivity contribution >= 4 is 22.8 Å². The van der Waals surface area contributed by atoms with Crippen molar-refractivity contribution in [1.82, 2.24) is 24.8 Å². The van der Waals surface area contributed by atoms with E-state index in [1.165, 1.54) is 0 Å². The molecule has 3 aromatic rings. The minimum Gasteiger partial charge on any atom is -0.367 e. The predicted molar refractivity (Wildman–Crippen MR) is 96.1 cm³/mol. The number of nitrogens with zero attached hydrogens (tertiary/aromatic N) is 2. The van der Waals surface area contributed by atoms with Gasteiger partial charge in [-0.25, -0.2) is 4.79 Å². The Morgan fingerprint density at radius 2 is 1.54 bits per heavy atom. The highest BCUT2D eigenvalue weighted by atomic mass is 16.2. The molecule has 0 saturated carbocycles. The van der Waals surface area contributed by atoms with Crippen molar-refractivity contribution in [1.29, 1.82) is 0 Å². The number of carbonyl (C=O) groups excluding carboxylic acids is 2. The van der Waals surface area contributed by atoms with Crippen molar-refractivity contribution in [2.24, 2.45) is 0 Å². The minimum atomic E-state index is -0.293. The Kier molecular flexibility index (Phi) is 4.08. The SMILES string of the molecule is O=C(c1cc[nH]c1)N1CCCN(C(=O)c2ccc3[nH]c(=O)[nH]c3c2)CC1. The maximum atomic E-state index is 12.8. The van der Waals surface area contributed by atoms with Gasteiger partial charge in [-0.15, -0.1) is 0 Å². The first-order valence-corrected chi connectivity index (χ1v) is 8.55. The number of aromatic nitrogens is 3. The zero-order chi connectivity index (χ0) is 18.1. The summed E-state index contributed by atoms with van der Waals surface area (Å²) in [5, 5.41) is 0. The van der Waals surface area contributed by atoms with Crippen LogP contribution in [-0.4, -0.2) is 62.7 Å². The number of hydrogen-bond acceptors (Lipinski definition) is 3. The van der Waals surface area contributed by atoms with Gasteiger partial charge in [-0.3, -0.25) is 9.59 Å². The van der Waals surface area contributed by atoms with Crippen molar-refractivity contribution in [3.05, 3.63) is 58.3 Å². The quantitative estimate of drug-likeness (QED) is 0.644. The van der Waals surface area contributed by atoms with Crippen LogP contribution in [0, 0.1) is 0 Å². The van der Waals surface area contributed by atoms with Gasteiger partial charge in [-0.1, -0.05) is 0 Å². The smallest absolute Gasteiger partial charge is 0.323 e. The molecule has 26 heavy (non-hydrogen) atoms. The molecule has 3 heterocycles. The average Bonchev–Trinajstić information content (AvgIpc) is 3.23. The van der Waals surface area contributed by atoms with Crippen molar-refractivity contribution in [2.75, 3.05) is 26.2 Å². The summed E-state index contributed by atoms with van der Waals surface area (Å²) in [5.74, 6) is -0.114. The lowest BCUT2D eigenvalue weighted by Gasteiger charge is -2.22. The van der Waals surface area contributed by atoms with Crippen molar-refractivity contribution in [3.8, 4) is 0 Å². The van der Waals surface area contributed by atoms with Crippen molar-refractivity contribution in [3.63, 3.8) is 0 Å². The molecule has 0 atom stereocenters. The number of carbonyl (C=O) groups is 2. The van der Waals surface area contributed by atoms with Gasteiger partial charge < -0.3 is 24.8 Å². The summed E-state index contributed by atoms with van der Waals surface area (Å²) in [6, 6.07) is 6.87. The molecule has 3 N–H and O–H groups in total. The number of H-pyrrole nitrogens is 3. The molecule has 1 aromatic carbocycles. The van der Waals surface area contributed by atoms with Gasteiger partial charge >= 0.3 is 5.69 Å². The highest BCUT2D eigenvalue weighted by Crippen LogP contribution is 2.15. The molecule has 1 fully saturated rings. The zero-order valence-corrected chi connectivity index (χ0v) is 14.1. The van der Waals surface area contributed by atoms with Crippen molar-refractivity contribution in [2.45, 2.75) is 6.42 Å². The summed E-state index contributed by atoms with van der Waals surface area (Å²) in [6.45, 7) is 2.20. The Bertz CT molecular complexity index is 1000. The van der Waals surface area contributed by atoms with Crippen LogP contribution in [0.25, 0.3) is 11.0 Å². The zero-order valence-electron chi connectivity index (χ0n) is 14.1. The summed E-state index contributed by atoms with van der Waals surface area (Å²) in [7, 11) is 0. The average molecular weight is 353 g/mol. The Labute approximate surface area is 148 Å². The van der Waals surface area contributed by atoms with Crippen LogP contribution in [0.4, 0.5) is 0 Å². The van der Waals surface area contributed by atoms with E-state index in [0.717, 1.165) is 6.42 Å². The molecule has 1 aliphatic rings. The molecule has 0 radical (unpaired) electrons. The Morgan fingerprint density at radius 3 is 2.23 bits per heavy atom. The first-order chi connectivity index (χ1) is 12.6. The number of rotatable bonds is 2. The van der Waals surface area contributed by atoms with Gasteiger partial charge in [0.1, 0.15) is 0 Å². The van der Waals surface area contributed by atoms with Crippen LogP contribution in [-0.2, 0) is 0 Å². The molecule has 1 saturated heterocycles. The minimum absolute atomic E-state index is 0.0214. The van der Waals surface area contributed by atoms with Gasteiger partial charge in [0.15, 0.2) is 0 Å². The Balaban J connectivity index is 1.48. The monoisotopic (exact) mass is 353 g/mol. The molecule has 8 nitrogen and oxygen atoms in total. The summed E-state index contributed by atoms with van der Waals surface area (Å²) in [4.78, 5) is 48.4. The van der Waals surface area contributed by atoms with Crippen molar-refractivity contribution < 1.29 is 9.59 Å². The standard InChI is InChI=1S/C18H19N5O3/c24-16(12-2-3-14-15(10-12)21-18(26)20-14)22-6-1-7-23(9-8-22)17(25)13-4-5-19-11-13/h2-5,10-11,19H,1,6-9H2,(H2,20,21,26). The van der Waals surface area contributed by atoms with E-state index < -0.39 is 0 Å². The van der Waals surface area contributed by atoms with Gasteiger partial charge in [0.25, 0.3) is 11.8 Å². The number of nitrogens with one attached hydrogen (secondary N) is 3. The van der Waals surface area contributed by atoms with Crippen LogP contribution in [0.15, 0.2) is 41.5 Å². The Morgan fingerprint density at radius 1 is 0.846 bits per heavy atom. The van der Waals surface area contributed by atoms with Gasteiger partial charge in [0.2, 0.25) is 0 Å². The maximum Gasteiger partial charge on any atom is 0.323 e. The third kappa shape index (κ3) is 3.01. The normalized spacial score (nSPS) is 15.2. The van der Waals surface area contributed by atoms with Crippen LogP contribution in [0.3, 0.4) is 0 Å².